The number of fused-ring (bicyclic) bond motifs is 1. The van der Waals surface area contributed by atoms with Crippen molar-refractivity contribution in [2.24, 2.45) is 5.73 Å². The number of hydrogen-bond acceptors (Lipinski definition) is 2. The van der Waals surface area contributed by atoms with Gasteiger partial charge in [0.15, 0.2) is 0 Å². The molecule has 0 spiro atoms. The van der Waals surface area contributed by atoms with E-state index in [-0.39, 0.29) is 11.4 Å². The van der Waals surface area contributed by atoms with Crippen LogP contribution in [0.4, 0.5) is 13.2 Å². The predicted octanol–water partition coefficient (Wildman–Crippen LogP) is 4.68. The van der Waals surface area contributed by atoms with Crippen LogP contribution in [0.1, 0.15) is 22.0 Å². The van der Waals surface area contributed by atoms with Crippen molar-refractivity contribution in [3.63, 3.8) is 0 Å². The predicted molar refractivity (Wildman–Crippen MR) is 78.9 cm³/mol. The summed E-state index contributed by atoms with van der Waals surface area (Å²) in [5.41, 5.74) is 6.22. The van der Waals surface area contributed by atoms with Gasteiger partial charge in [-0.2, -0.15) is 0 Å². The Morgan fingerprint density at radius 2 is 1.81 bits per heavy atom. The number of aryl methyl sites for hydroxylation is 1. The second-order valence-corrected chi connectivity index (χ2v) is 6.02. The molecule has 0 saturated carbocycles. The van der Waals surface area contributed by atoms with E-state index in [0.717, 1.165) is 4.70 Å². The third kappa shape index (κ3) is 2.43. The van der Waals surface area contributed by atoms with Crippen molar-refractivity contribution < 1.29 is 13.2 Å². The highest BCUT2D eigenvalue weighted by atomic mass is 32.1. The zero-order valence-corrected chi connectivity index (χ0v) is 12.0. The van der Waals surface area contributed by atoms with Crippen LogP contribution in [0.25, 0.3) is 10.1 Å². The van der Waals surface area contributed by atoms with Crippen LogP contribution < -0.4 is 5.73 Å². The van der Waals surface area contributed by atoms with Crippen molar-refractivity contribution in [1.29, 1.82) is 0 Å². The lowest BCUT2D eigenvalue weighted by Gasteiger charge is -2.13. The van der Waals surface area contributed by atoms with E-state index in [1.54, 1.807) is 19.1 Å². The first-order valence-corrected chi connectivity index (χ1v) is 7.18. The smallest absolute Gasteiger partial charge is 0.134 e. The van der Waals surface area contributed by atoms with Crippen LogP contribution in [0.15, 0.2) is 36.4 Å². The molecule has 0 bridgehead atoms. The highest BCUT2D eigenvalue weighted by molar-refractivity contribution is 7.19. The molecule has 21 heavy (non-hydrogen) atoms. The Hall–Kier alpha value is -1.85. The fourth-order valence-corrected chi connectivity index (χ4v) is 3.35. The molecule has 0 aliphatic heterocycles. The topological polar surface area (TPSA) is 26.0 Å². The molecule has 3 rings (SSSR count). The van der Waals surface area contributed by atoms with E-state index < -0.39 is 17.7 Å². The molecule has 1 nitrogen and oxygen atoms in total. The number of thiophene rings is 1. The Morgan fingerprint density at radius 3 is 2.57 bits per heavy atom. The minimum atomic E-state index is -0.912. The molecule has 2 aromatic carbocycles. The third-order valence-corrected chi connectivity index (χ3v) is 4.63. The first-order chi connectivity index (χ1) is 9.97. The Labute approximate surface area is 123 Å². The second kappa shape index (κ2) is 5.16. The van der Waals surface area contributed by atoms with Crippen LogP contribution in [0, 0.1) is 24.4 Å². The van der Waals surface area contributed by atoms with Gasteiger partial charge in [-0.25, -0.2) is 13.2 Å². The van der Waals surface area contributed by atoms with Crippen LogP contribution in [0.3, 0.4) is 0 Å². The molecule has 1 atom stereocenters. The van der Waals surface area contributed by atoms with Gasteiger partial charge in [0.2, 0.25) is 0 Å². The lowest BCUT2D eigenvalue weighted by Crippen LogP contribution is -2.15. The SMILES string of the molecule is Cc1ccc(F)c(C(N)c2cc3cc(F)ccc3s2)c1F. The van der Waals surface area contributed by atoms with Gasteiger partial charge in [0.25, 0.3) is 0 Å². The first kappa shape index (κ1) is 14.1. The monoisotopic (exact) mass is 307 g/mol. The summed E-state index contributed by atoms with van der Waals surface area (Å²) in [4.78, 5) is 0.596. The molecule has 1 unspecified atom stereocenters. The fraction of sp³-hybridized carbons (Fsp3) is 0.125. The highest BCUT2D eigenvalue weighted by Gasteiger charge is 2.21. The van der Waals surface area contributed by atoms with Crippen LogP contribution >= 0.6 is 11.3 Å². The van der Waals surface area contributed by atoms with E-state index >= 15 is 0 Å². The number of benzene rings is 2. The summed E-state index contributed by atoms with van der Waals surface area (Å²) in [5.74, 6) is -1.66. The maximum absolute atomic E-state index is 14.1. The summed E-state index contributed by atoms with van der Waals surface area (Å²) in [5, 5.41) is 0.680. The minimum absolute atomic E-state index is 0.151. The fourth-order valence-electron chi connectivity index (χ4n) is 2.29. The Bertz CT molecular complexity index is 826. The Balaban J connectivity index is 2.12. The number of hydrogen-bond donors (Lipinski definition) is 1. The molecule has 2 N–H and O–H groups in total. The van der Waals surface area contributed by atoms with Gasteiger partial charge in [-0.05, 0) is 48.2 Å². The van der Waals surface area contributed by atoms with E-state index in [0.29, 0.717) is 15.8 Å². The van der Waals surface area contributed by atoms with Crippen LogP contribution in [0.2, 0.25) is 0 Å². The van der Waals surface area contributed by atoms with E-state index in [1.807, 2.05) is 0 Å². The van der Waals surface area contributed by atoms with Crippen molar-refractivity contribution >= 4 is 21.4 Å². The Morgan fingerprint density at radius 1 is 1.05 bits per heavy atom. The number of halogens is 3. The molecule has 5 heteroatoms. The molecule has 0 aliphatic rings. The van der Waals surface area contributed by atoms with E-state index in [1.165, 1.54) is 35.6 Å². The standard InChI is InChI=1S/C16H12F3NS/c1-8-2-4-11(18)14(15(8)19)16(20)13-7-9-6-10(17)3-5-12(9)21-13/h2-7,16H,20H2,1H3. The summed E-state index contributed by atoms with van der Waals surface area (Å²) in [6, 6.07) is 7.71. The quantitative estimate of drug-likeness (QED) is 0.731. The number of nitrogens with two attached hydrogens (primary N) is 1. The molecular weight excluding hydrogens is 295 g/mol. The molecular formula is C16H12F3NS. The van der Waals surface area contributed by atoms with Gasteiger partial charge >= 0.3 is 0 Å². The molecule has 1 heterocycles. The largest absolute Gasteiger partial charge is 0.319 e. The van der Waals surface area contributed by atoms with Crippen LogP contribution in [-0.2, 0) is 0 Å². The van der Waals surface area contributed by atoms with Crippen molar-refractivity contribution in [3.05, 3.63) is 69.9 Å². The maximum atomic E-state index is 14.1. The number of rotatable bonds is 2. The summed E-state index contributed by atoms with van der Waals surface area (Å²) in [7, 11) is 0. The van der Waals surface area contributed by atoms with Crippen molar-refractivity contribution in [2.75, 3.05) is 0 Å². The van der Waals surface area contributed by atoms with Crippen LogP contribution in [-0.4, -0.2) is 0 Å². The normalized spacial score (nSPS) is 12.8. The van der Waals surface area contributed by atoms with Crippen LogP contribution in [0.5, 0.6) is 0 Å². The molecule has 0 fully saturated rings. The van der Waals surface area contributed by atoms with E-state index in [4.69, 9.17) is 5.73 Å². The Kier molecular flexibility index (Phi) is 3.47. The lowest BCUT2D eigenvalue weighted by atomic mass is 10.0. The summed E-state index contributed by atoms with van der Waals surface area (Å²) < 4.78 is 42.1. The van der Waals surface area contributed by atoms with Crippen molar-refractivity contribution in [3.8, 4) is 0 Å². The molecule has 3 aromatic rings. The van der Waals surface area contributed by atoms with Gasteiger partial charge < -0.3 is 5.73 Å². The molecule has 0 radical (unpaired) electrons. The summed E-state index contributed by atoms with van der Waals surface area (Å²) >= 11 is 1.31. The zero-order valence-electron chi connectivity index (χ0n) is 11.2. The zero-order chi connectivity index (χ0) is 15.1. The van der Waals surface area contributed by atoms with E-state index in [2.05, 4.69) is 0 Å². The maximum Gasteiger partial charge on any atom is 0.134 e. The highest BCUT2D eigenvalue weighted by Crippen LogP contribution is 2.34. The summed E-state index contributed by atoms with van der Waals surface area (Å²) in [6.07, 6.45) is 0. The van der Waals surface area contributed by atoms with Gasteiger partial charge in [-0.15, -0.1) is 11.3 Å². The molecule has 0 aliphatic carbocycles. The van der Waals surface area contributed by atoms with Crippen molar-refractivity contribution in [2.45, 2.75) is 13.0 Å². The van der Waals surface area contributed by atoms with Gasteiger partial charge in [-0.3, -0.25) is 0 Å². The molecule has 108 valence electrons. The van der Waals surface area contributed by atoms with Gasteiger partial charge in [0.05, 0.1) is 6.04 Å². The third-order valence-electron chi connectivity index (χ3n) is 3.43. The average molecular weight is 307 g/mol. The second-order valence-electron chi connectivity index (χ2n) is 4.90. The minimum Gasteiger partial charge on any atom is -0.319 e. The summed E-state index contributed by atoms with van der Waals surface area (Å²) in [6.45, 7) is 1.56. The van der Waals surface area contributed by atoms with Gasteiger partial charge in [0, 0.05) is 15.1 Å². The van der Waals surface area contributed by atoms with E-state index in [9.17, 15) is 13.2 Å². The van der Waals surface area contributed by atoms with Crippen molar-refractivity contribution in [1.82, 2.24) is 0 Å². The first-order valence-electron chi connectivity index (χ1n) is 6.36. The molecule has 0 saturated heterocycles. The van der Waals surface area contributed by atoms with Gasteiger partial charge in [0.1, 0.15) is 17.5 Å². The lowest BCUT2D eigenvalue weighted by molar-refractivity contribution is 0.539. The molecule has 0 amide bonds. The van der Waals surface area contributed by atoms with Gasteiger partial charge in [-0.1, -0.05) is 6.07 Å². The molecule has 1 aromatic heterocycles. The average Bonchev–Trinajstić information content (AvgIpc) is 2.86.